The number of allylic oxidation sites excluding steroid dienone is 1. The molecule has 1 aromatic rings. The largest absolute Gasteiger partial charge is 0.480 e. The number of carbonyl (C=O) groups excluding carboxylic acids is 3. The van der Waals surface area contributed by atoms with Crippen molar-refractivity contribution in [3.63, 3.8) is 0 Å². The molecular weight excluding hydrogens is 452 g/mol. The molecule has 6 N–H and O–H groups in total. The molecule has 1 aromatic carbocycles. The first-order valence-electron chi connectivity index (χ1n) is 11.7. The second-order valence-electron chi connectivity index (χ2n) is 9.39. The van der Waals surface area contributed by atoms with Crippen molar-refractivity contribution in [3.8, 4) is 0 Å². The van der Waals surface area contributed by atoms with Gasteiger partial charge in [-0.3, -0.25) is 34.8 Å². The Morgan fingerprint density at radius 1 is 1.00 bits per heavy atom. The number of hydrogen-bond donors (Lipinski definition) is 5. The van der Waals surface area contributed by atoms with Gasteiger partial charge < -0.3 is 10.8 Å². The van der Waals surface area contributed by atoms with E-state index in [-0.39, 0.29) is 24.8 Å². The Bertz CT molecular complexity index is 872. The van der Waals surface area contributed by atoms with E-state index < -0.39 is 48.0 Å². The molecule has 194 valence electrons. The third-order valence-corrected chi connectivity index (χ3v) is 5.30. The summed E-state index contributed by atoms with van der Waals surface area (Å²) in [5.41, 5.74) is 10.7. The van der Waals surface area contributed by atoms with E-state index in [2.05, 4.69) is 5.43 Å². The molecule has 0 aliphatic carbocycles. The Morgan fingerprint density at radius 3 is 2.14 bits per heavy atom. The highest BCUT2D eigenvalue weighted by atomic mass is 16.5. The molecule has 0 saturated carbocycles. The number of nitrogens with two attached hydrogens (primary N) is 1. The number of nitrogens with one attached hydrogen (secondary N) is 2. The molecule has 1 rings (SSSR count). The van der Waals surface area contributed by atoms with Crippen molar-refractivity contribution in [2.75, 3.05) is 6.54 Å². The summed E-state index contributed by atoms with van der Waals surface area (Å²) < 4.78 is 0. The lowest BCUT2D eigenvalue weighted by Gasteiger charge is -2.31. The zero-order chi connectivity index (χ0) is 26.5. The number of hydrogen-bond acceptors (Lipinski definition) is 6. The number of aliphatic carboxylic acids is 1. The van der Waals surface area contributed by atoms with Crippen molar-refractivity contribution in [1.82, 2.24) is 15.9 Å². The van der Waals surface area contributed by atoms with Crippen LogP contribution in [0.1, 0.15) is 52.5 Å². The molecule has 10 nitrogen and oxygen atoms in total. The van der Waals surface area contributed by atoms with Crippen molar-refractivity contribution in [1.29, 1.82) is 0 Å². The molecule has 3 atom stereocenters. The summed E-state index contributed by atoms with van der Waals surface area (Å²) in [4.78, 5) is 49.7. The number of carbonyl (C=O) groups is 4. The van der Waals surface area contributed by atoms with Crippen LogP contribution in [0.2, 0.25) is 0 Å². The van der Waals surface area contributed by atoms with Crippen LogP contribution in [0.25, 0.3) is 6.08 Å². The lowest BCUT2D eigenvalue weighted by atomic mass is 9.82. The summed E-state index contributed by atoms with van der Waals surface area (Å²) in [5.74, 6) is -5.01. The summed E-state index contributed by atoms with van der Waals surface area (Å²) >= 11 is 0. The Balaban J connectivity index is 3.15. The molecule has 0 aliphatic heterocycles. The molecule has 3 amide bonds. The number of benzene rings is 1. The predicted molar refractivity (Wildman–Crippen MR) is 131 cm³/mol. The average Bonchev–Trinajstić information content (AvgIpc) is 2.79. The van der Waals surface area contributed by atoms with Crippen molar-refractivity contribution >= 4 is 29.8 Å². The summed E-state index contributed by atoms with van der Waals surface area (Å²) in [6.07, 6.45) is 3.59. The topological polar surface area (TPSA) is 162 Å². The van der Waals surface area contributed by atoms with Crippen LogP contribution < -0.4 is 16.6 Å². The van der Waals surface area contributed by atoms with Crippen molar-refractivity contribution in [2.45, 2.75) is 53.0 Å². The highest BCUT2D eigenvalue weighted by Crippen LogP contribution is 2.26. The maximum Gasteiger partial charge on any atom is 0.321 e. The van der Waals surface area contributed by atoms with E-state index >= 15 is 0 Å². The fourth-order valence-electron chi connectivity index (χ4n) is 3.59. The predicted octanol–water partition coefficient (Wildman–Crippen LogP) is 2.19. The maximum atomic E-state index is 13.4. The number of hydrazine groups is 1. The van der Waals surface area contributed by atoms with Gasteiger partial charge in [-0.05, 0) is 30.2 Å². The molecule has 10 heteroatoms. The lowest BCUT2D eigenvalue weighted by molar-refractivity contribution is -0.149. The van der Waals surface area contributed by atoms with Gasteiger partial charge in [0.2, 0.25) is 17.7 Å². The highest BCUT2D eigenvalue weighted by molar-refractivity contribution is 5.90. The fourth-order valence-corrected chi connectivity index (χ4v) is 3.59. The highest BCUT2D eigenvalue weighted by Gasteiger charge is 2.35. The van der Waals surface area contributed by atoms with E-state index in [1.807, 2.05) is 64.1 Å². The molecule has 0 aliphatic rings. The number of hydroxylamine groups is 1. The van der Waals surface area contributed by atoms with Crippen LogP contribution >= 0.6 is 0 Å². The standard InChI is InChI=1S/C25H38N4O6/c1-16(2)13-20(19(24(32)28-35)12-8-11-18-9-6-5-7-10-18)23(31)27-29(15-17(3)4)22(30)14-21(26)25(33)34/h5-11,16-17,19-21,35H,12-15,26H2,1-4H3,(H,27,31)(H,28,32)(H,33,34)/b11-8-/t19-,20?,21?/m1/s1. The summed E-state index contributed by atoms with van der Waals surface area (Å²) in [6.45, 7) is 7.61. The number of amides is 3. The first kappa shape index (κ1) is 29.8. The van der Waals surface area contributed by atoms with Gasteiger partial charge in [0.15, 0.2) is 0 Å². The second-order valence-corrected chi connectivity index (χ2v) is 9.39. The smallest absolute Gasteiger partial charge is 0.321 e. The van der Waals surface area contributed by atoms with Crippen LogP contribution in [0.15, 0.2) is 36.4 Å². The quantitative estimate of drug-likeness (QED) is 0.209. The second kappa shape index (κ2) is 14.9. The van der Waals surface area contributed by atoms with Crippen LogP contribution in [0.3, 0.4) is 0 Å². The van der Waals surface area contributed by atoms with Gasteiger partial charge in [-0.2, -0.15) is 0 Å². The van der Waals surface area contributed by atoms with E-state index in [4.69, 9.17) is 10.8 Å². The summed E-state index contributed by atoms with van der Waals surface area (Å²) in [5, 5.41) is 19.4. The van der Waals surface area contributed by atoms with Crippen LogP contribution in [-0.4, -0.2) is 51.6 Å². The molecule has 0 radical (unpaired) electrons. The van der Waals surface area contributed by atoms with Crippen LogP contribution in [-0.2, 0) is 19.2 Å². The third-order valence-electron chi connectivity index (χ3n) is 5.30. The van der Waals surface area contributed by atoms with Crippen LogP contribution in [0, 0.1) is 23.7 Å². The zero-order valence-electron chi connectivity index (χ0n) is 20.8. The van der Waals surface area contributed by atoms with Crippen LogP contribution in [0.4, 0.5) is 0 Å². The molecule has 0 saturated heterocycles. The zero-order valence-corrected chi connectivity index (χ0v) is 20.8. The molecule has 0 fully saturated rings. The van der Waals surface area contributed by atoms with Crippen molar-refractivity contribution in [3.05, 3.63) is 42.0 Å². The van der Waals surface area contributed by atoms with Gasteiger partial charge in [0.1, 0.15) is 6.04 Å². The fraction of sp³-hybridized carbons (Fsp3) is 0.520. The van der Waals surface area contributed by atoms with E-state index in [0.29, 0.717) is 6.42 Å². The first-order valence-corrected chi connectivity index (χ1v) is 11.7. The van der Waals surface area contributed by atoms with Gasteiger partial charge in [-0.1, -0.05) is 70.2 Å². The van der Waals surface area contributed by atoms with Crippen molar-refractivity contribution in [2.24, 2.45) is 29.4 Å². The molecule has 0 aromatic heterocycles. The van der Waals surface area contributed by atoms with Gasteiger partial charge in [-0.15, -0.1) is 0 Å². The van der Waals surface area contributed by atoms with Gasteiger partial charge in [0.05, 0.1) is 18.3 Å². The van der Waals surface area contributed by atoms with Gasteiger partial charge in [-0.25, -0.2) is 5.48 Å². The Hall–Kier alpha value is -3.24. The number of nitrogens with zero attached hydrogens (tertiary/aromatic N) is 1. The minimum absolute atomic E-state index is 0.0332. The SMILES string of the molecule is CC(C)CC(C(=O)NN(CC(C)C)C(=O)CC(N)C(=O)O)[C@@H](C/C=C\c1ccccc1)C(=O)NO. The maximum absolute atomic E-state index is 13.4. The monoisotopic (exact) mass is 490 g/mol. The number of rotatable bonds is 13. The molecular formula is C25H38N4O6. The number of carboxylic acid groups (broad SMARTS) is 1. The summed E-state index contributed by atoms with van der Waals surface area (Å²) in [7, 11) is 0. The average molecular weight is 491 g/mol. The van der Waals surface area contributed by atoms with Gasteiger partial charge >= 0.3 is 5.97 Å². The third kappa shape index (κ3) is 10.7. The van der Waals surface area contributed by atoms with E-state index in [1.165, 1.54) is 0 Å². The van der Waals surface area contributed by atoms with E-state index in [0.717, 1.165) is 10.6 Å². The van der Waals surface area contributed by atoms with Crippen molar-refractivity contribution < 1.29 is 29.5 Å². The molecule has 0 heterocycles. The summed E-state index contributed by atoms with van der Waals surface area (Å²) in [6, 6.07) is 8.03. The first-order chi connectivity index (χ1) is 16.5. The van der Waals surface area contributed by atoms with E-state index in [9.17, 15) is 24.4 Å². The minimum Gasteiger partial charge on any atom is -0.480 e. The van der Waals surface area contributed by atoms with Gasteiger partial charge in [0.25, 0.3) is 0 Å². The molecule has 0 spiro atoms. The normalized spacial score (nSPS) is 13.9. The molecule has 0 bridgehead atoms. The Morgan fingerprint density at radius 2 is 1.63 bits per heavy atom. The Labute approximate surface area is 206 Å². The lowest BCUT2D eigenvalue weighted by Crippen LogP contribution is -2.53. The number of carboxylic acids is 1. The molecule has 2 unspecified atom stereocenters. The Kier molecular flexibility index (Phi) is 12.7. The van der Waals surface area contributed by atoms with E-state index in [1.54, 1.807) is 11.6 Å². The van der Waals surface area contributed by atoms with Crippen LogP contribution in [0.5, 0.6) is 0 Å². The van der Waals surface area contributed by atoms with Gasteiger partial charge in [0, 0.05) is 6.54 Å². The minimum atomic E-state index is -1.41. The molecule has 35 heavy (non-hydrogen) atoms.